The molecular weight excluding hydrogens is 268 g/mol. The minimum atomic E-state index is 0.241. The lowest BCUT2D eigenvalue weighted by Crippen LogP contribution is -1.89. The van der Waals surface area contributed by atoms with E-state index in [0.29, 0.717) is 5.92 Å². The van der Waals surface area contributed by atoms with Crippen LogP contribution in [-0.4, -0.2) is 0 Å². The number of alkyl halides is 1. The normalized spacial score (nSPS) is 28.9. The van der Waals surface area contributed by atoms with Gasteiger partial charge in [-0.15, -0.1) is 22.9 Å². The molecule has 2 rings (SSSR count). The highest BCUT2D eigenvalue weighted by atomic mass is 79.9. The molecule has 0 aromatic carbocycles. The zero-order valence-electron chi connectivity index (χ0n) is 7.68. The lowest BCUT2D eigenvalue weighted by molar-refractivity contribution is 0.731. The van der Waals surface area contributed by atoms with E-state index < -0.39 is 0 Å². The summed E-state index contributed by atoms with van der Waals surface area (Å²) in [6.45, 7) is 4.40. The third-order valence-corrected chi connectivity index (χ3v) is 5.60. The van der Waals surface area contributed by atoms with Crippen LogP contribution >= 0.6 is 38.9 Å². The standard InChI is InChI=1S/C10H12BrClS/c1-5-3-7(5)10(12)9-4-8(11)6(2)13-9/h4-5,7,10H,3H2,1-2H3. The minimum absolute atomic E-state index is 0.241. The Labute approximate surface area is 96.4 Å². The second-order valence-corrected chi connectivity index (χ2v) is 6.44. The Morgan fingerprint density at radius 3 is 2.69 bits per heavy atom. The van der Waals surface area contributed by atoms with E-state index in [1.807, 2.05) is 11.3 Å². The summed E-state index contributed by atoms with van der Waals surface area (Å²) in [6.07, 6.45) is 1.29. The van der Waals surface area contributed by atoms with Crippen molar-refractivity contribution in [2.75, 3.05) is 0 Å². The summed E-state index contributed by atoms with van der Waals surface area (Å²) in [5, 5.41) is 0.241. The molecular formula is C10H12BrClS. The monoisotopic (exact) mass is 278 g/mol. The van der Waals surface area contributed by atoms with Crippen molar-refractivity contribution in [3.8, 4) is 0 Å². The van der Waals surface area contributed by atoms with Crippen LogP contribution in [0.1, 0.15) is 28.5 Å². The Morgan fingerprint density at radius 2 is 2.31 bits per heavy atom. The van der Waals surface area contributed by atoms with Crippen molar-refractivity contribution in [3.63, 3.8) is 0 Å². The van der Waals surface area contributed by atoms with E-state index in [1.54, 1.807) is 0 Å². The second-order valence-electron chi connectivity index (χ2n) is 3.83. The Hall–Kier alpha value is 0.470. The van der Waals surface area contributed by atoms with Gasteiger partial charge in [-0.3, -0.25) is 0 Å². The Bertz CT molecular complexity index is 301. The number of hydrogen-bond donors (Lipinski definition) is 0. The molecule has 0 saturated heterocycles. The largest absolute Gasteiger partial charge is 0.143 e. The molecule has 1 aliphatic rings. The first-order valence-electron chi connectivity index (χ1n) is 4.49. The Balaban J connectivity index is 2.16. The number of thiophene rings is 1. The SMILES string of the molecule is Cc1sc(C(Cl)C2CC2C)cc1Br. The summed E-state index contributed by atoms with van der Waals surface area (Å²) in [6, 6.07) is 2.17. The summed E-state index contributed by atoms with van der Waals surface area (Å²) in [5.41, 5.74) is 0. The summed E-state index contributed by atoms with van der Waals surface area (Å²) < 4.78 is 1.20. The second kappa shape index (κ2) is 3.56. The van der Waals surface area contributed by atoms with E-state index in [-0.39, 0.29) is 5.38 Å². The van der Waals surface area contributed by atoms with Crippen LogP contribution in [-0.2, 0) is 0 Å². The van der Waals surface area contributed by atoms with Gasteiger partial charge in [-0.05, 0) is 47.2 Å². The van der Waals surface area contributed by atoms with Gasteiger partial charge in [0, 0.05) is 14.2 Å². The maximum Gasteiger partial charge on any atom is 0.0709 e. The van der Waals surface area contributed by atoms with Crippen LogP contribution < -0.4 is 0 Å². The van der Waals surface area contributed by atoms with Gasteiger partial charge in [-0.25, -0.2) is 0 Å². The van der Waals surface area contributed by atoms with Crippen LogP contribution in [0.2, 0.25) is 0 Å². The average Bonchev–Trinajstić information content (AvgIpc) is 2.70. The van der Waals surface area contributed by atoms with Crippen molar-refractivity contribution in [1.82, 2.24) is 0 Å². The van der Waals surface area contributed by atoms with Gasteiger partial charge in [0.05, 0.1) is 5.38 Å². The molecule has 1 aliphatic carbocycles. The molecule has 1 fully saturated rings. The molecule has 0 N–H and O–H groups in total. The lowest BCUT2D eigenvalue weighted by Gasteiger charge is -2.03. The summed E-state index contributed by atoms with van der Waals surface area (Å²) >= 11 is 11.7. The van der Waals surface area contributed by atoms with E-state index >= 15 is 0 Å². The zero-order chi connectivity index (χ0) is 9.59. The van der Waals surface area contributed by atoms with Crippen molar-refractivity contribution in [3.05, 3.63) is 20.3 Å². The van der Waals surface area contributed by atoms with Crippen molar-refractivity contribution in [2.45, 2.75) is 25.6 Å². The first-order chi connectivity index (χ1) is 6.09. The molecule has 13 heavy (non-hydrogen) atoms. The van der Waals surface area contributed by atoms with Crippen molar-refractivity contribution < 1.29 is 0 Å². The van der Waals surface area contributed by atoms with Gasteiger partial charge in [0.15, 0.2) is 0 Å². The van der Waals surface area contributed by atoms with Crippen LogP contribution in [0.3, 0.4) is 0 Å². The van der Waals surface area contributed by atoms with E-state index in [4.69, 9.17) is 11.6 Å². The lowest BCUT2D eigenvalue weighted by atomic mass is 10.2. The highest BCUT2D eigenvalue weighted by Gasteiger charge is 2.39. The van der Waals surface area contributed by atoms with Crippen molar-refractivity contribution in [1.29, 1.82) is 0 Å². The Morgan fingerprint density at radius 1 is 1.69 bits per heavy atom. The highest BCUT2D eigenvalue weighted by Crippen LogP contribution is 2.52. The molecule has 3 atom stereocenters. The number of aryl methyl sites for hydroxylation is 1. The predicted octanol–water partition coefficient (Wildman–Crippen LogP) is 4.75. The maximum atomic E-state index is 6.37. The summed E-state index contributed by atoms with van der Waals surface area (Å²) in [4.78, 5) is 2.65. The minimum Gasteiger partial charge on any atom is -0.143 e. The Kier molecular flexibility index (Phi) is 2.74. The van der Waals surface area contributed by atoms with Gasteiger partial charge < -0.3 is 0 Å². The maximum absolute atomic E-state index is 6.37. The topological polar surface area (TPSA) is 0 Å². The fraction of sp³-hybridized carbons (Fsp3) is 0.600. The van der Waals surface area contributed by atoms with Crippen molar-refractivity contribution >= 4 is 38.9 Å². The van der Waals surface area contributed by atoms with Gasteiger partial charge in [-0.1, -0.05) is 6.92 Å². The summed E-state index contributed by atoms with van der Waals surface area (Å²) in [7, 11) is 0. The molecule has 1 heterocycles. The molecule has 1 aromatic rings. The van der Waals surface area contributed by atoms with Gasteiger partial charge in [0.25, 0.3) is 0 Å². The molecule has 0 nitrogen and oxygen atoms in total. The molecule has 0 bridgehead atoms. The molecule has 0 aliphatic heterocycles. The predicted molar refractivity (Wildman–Crippen MR) is 62.6 cm³/mol. The van der Waals surface area contributed by atoms with Crippen LogP contribution in [0.15, 0.2) is 10.5 Å². The quantitative estimate of drug-likeness (QED) is 0.685. The van der Waals surface area contributed by atoms with E-state index in [0.717, 1.165) is 5.92 Å². The fourth-order valence-corrected chi connectivity index (χ4v) is 3.75. The van der Waals surface area contributed by atoms with Crippen LogP contribution in [0.5, 0.6) is 0 Å². The molecule has 72 valence electrons. The van der Waals surface area contributed by atoms with E-state index in [9.17, 15) is 0 Å². The van der Waals surface area contributed by atoms with Crippen LogP contribution in [0.25, 0.3) is 0 Å². The van der Waals surface area contributed by atoms with E-state index in [2.05, 4.69) is 35.8 Å². The third kappa shape index (κ3) is 1.95. The number of rotatable bonds is 2. The first-order valence-corrected chi connectivity index (χ1v) is 6.54. The average molecular weight is 280 g/mol. The molecule has 1 saturated carbocycles. The molecule has 0 radical (unpaired) electrons. The summed E-state index contributed by atoms with van der Waals surface area (Å²) in [5.74, 6) is 1.54. The van der Waals surface area contributed by atoms with Gasteiger partial charge in [-0.2, -0.15) is 0 Å². The van der Waals surface area contributed by atoms with Gasteiger partial charge >= 0.3 is 0 Å². The van der Waals surface area contributed by atoms with Crippen LogP contribution in [0, 0.1) is 18.8 Å². The fourth-order valence-electron chi connectivity index (χ4n) is 1.59. The molecule has 3 heteroatoms. The molecule has 1 aromatic heterocycles. The molecule has 0 spiro atoms. The molecule has 0 amide bonds. The number of hydrogen-bond acceptors (Lipinski definition) is 1. The van der Waals surface area contributed by atoms with Crippen molar-refractivity contribution in [2.24, 2.45) is 11.8 Å². The van der Waals surface area contributed by atoms with Gasteiger partial charge in [0.2, 0.25) is 0 Å². The van der Waals surface area contributed by atoms with Crippen LogP contribution in [0.4, 0.5) is 0 Å². The first kappa shape index (κ1) is 10.0. The third-order valence-electron chi connectivity index (χ3n) is 2.70. The van der Waals surface area contributed by atoms with E-state index in [1.165, 1.54) is 20.6 Å². The highest BCUT2D eigenvalue weighted by molar-refractivity contribution is 9.10. The molecule has 3 unspecified atom stereocenters. The smallest absolute Gasteiger partial charge is 0.0709 e. The van der Waals surface area contributed by atoms with Gasteiger partial charge in [0.1, 0.15) is 0 Å². The zero-order valence-corrected chi connectivity index (χ0v) is 10.8. The number of halogens is 2.